The first-order valence-electron chi connectivity index (χ1n) is 10.7. The van der Waals surface area contributed by atoms with E-state index in [0.29, 0.717) is 37.3 Å². The standard InChI is InChI=1S/C23H23F4N5O2/c1-34-19-9-3-16(4-10-19)15-30-11-2-12-31(14-13-30)22(33)20-21(23(25,26)27)32(29-28-20)18-7-5-17(24)6-8-18/h3-10H,2,11-15H2,1H3. The van der Waals surface area contributed by atoms with Crippen LogP contribution in [0.4, 0.5) is 17.6 Å². The van der Waals surface area contributed by atoms with Crippen molar-refractivity contribution in [1.29, 1.82) is 0 Å². The van der Waals surface area contributed by atoms with E-state index in [9.17, 15) is 22.4 Å². The second-order valence-electron chi connectivity index (χ2n) is 7.94. The number of hydrogen-bond acceptors (Lipinski definition) is 5. The molecule has 1 saturated heterocycles. The van der Waals surface area contributed by atoms with Crippen LogP contribution in [-0.4, -0.2) is 64.0 Å². The Morgan fingerprint density at radius 1 is 1.00 bits per heavy atom. The molecule has 7 nitrogen and oxygen atoms in total. The predicted molar refractivity (Wildman–Crippen MR) is 115 cm³/mol. The molecule has 1 aromatic heterocycles. The van der Waals surface area contributed by atoms with Gasteiger partial charge in [-0.25, -0.2) is 9.07 Å². The lowest BCUT2D eigenvalue weighted by atomic mass is 10.2. The number of ether oxygens (including phenoxy) is 1. The summed E-state index contributed by atoms with van der Waals surface area (Å²) in [7, 11) is 1.60. The topological polar surface area (TPSA) is 63.5 Å². The highest BCUT2D eigenvalue weighted by Crippen LogP contribution is 2.33. The summed E-state index contributed by atoms with van der Waals surface area (Å²) < 4.78 is 60.6. The third-order valence-electron chi connectivity index (χ3n) is 5.65. The maximum Gasteiger partial charge on any atom is 0.435 e. The van der Waals surface area contributed by atoms with Crippen LogP contribution < -0.4 is 4.74 Å². The van der Waals surface area contributed by atoms with E-state index in [-0.39, 0.29) is 12.2 Å². The number of carbonyl (C=O) groups is 1. The van der Waals surface area contributed by atoms with Crippen LogP contribution in [0.1, 0.15) is 28.2 Å². The summed E-state index contributed by atoms with van der Waals surface area (Å²) in [5, 5.41) is 7.14. The number of aromatic nitrogens is 3. The van der Waals surface area contributed by atoms with Gasteiger partial charge in [-0.2, -0.15) is 13.2 Å². The summed E-state index contributed by atoms with van der Waals surface area (Å²) in [6.45, 7) is 2.42. The summed E-state index contributed by atoms with van der Waals surface area (Å²) in [5.74, 6) is -0.671. The second kappa shape index (κ2) is 9.80. The van der Waals surface area contributed by atoms with E-state index in [1.807, 2.05) is 24.3 Å². The number of methoxy groups -OCH3 is 1. The molecule has 0 N–H and O–H groups in total. The molecule has 180 valence electrons. The van der Waals surface area contributed by atoms with Crippen molar-refractivity contribution in [2.24, 2.45) is 0 Å². The van der Waals surface area contributed by atoms with Crippen molar-refractivity contribution in [1.82, 2.24) is 24.8 Å². The van der Waals surface area contributed by atoms with Crippen LogP contribution in [0.25, 0.3) is 5.69 Å². The van der Waals surface area contributed by atoms with Crippen molar-refractivity contribution >= 4 is 5.91 Å². The molecule has 1 fully saturated rings. The van der Waals surface area contributed by atoms with Crippen LogP contribution in [0.3, 0.4) is 0 Å². The molecule has 1 amide bonds. The minimum atomic E-state index is -4.88. The fraction of sp³-hybridized carbons (Fsp3) is 0.348. The molecule has 0 bridgehead atoms. The lowest BCUT2D eigenvalue weighted by molar-refractivity contribution is -0.143. The van der Waals surface area contributed by atoms with E-state index in [1.54, 1.807) is 7.11 Å². The van der Waals surface area contributed by atoms with Crippen molar-refractivity contribution in [3.63, 3.8) is 0 Å². The van der Waals surface area contributed by atoms with Crippen LogP contribution in [-0.2, 0) is 12.7 Å². The van der Waals surface area contributed by atoms with E-state index in [1.165, 1.54) is 4.90 Å². The molecule has 2 aromatic carbocycles. The number of alkyl halides is 3. The van der Waals surface area contributed by atoms with E-state index in [2.05, 4.69) is 15.2 Å². The van der Waals surface area contributed by atoms with Gasteiger partial charge in [0, 0.05) is 32.7 Å². The van der Waals surface area contributed by atoms with Crippen molar-refractivity contribution in [3.05, 3.63) is 71.3 Å². The molecule has 1 aliphatic rings. The number of benzene rings is 2. The Morgan fingerprint density at radius 2 is 1.71 bits per heavy atom. The van der Waals surface area contributed by atoms with E-state index >= 15 is 0 Å². The van der Waals surface area contributed by atoms with Crippen LogP contribution in [0.5, 0.6) is 5.75 Å². The largest absolute Gasteiger partial charge is 0.497 e. The van der Waals surface area contributed by atoms with Crippen LogP contribution in [0, 0.1) is 5.82 Å². The highest BCUT2D eigenvalue weighted by atomic mass is 19.4. The molecule has 3 aromatic rings. The molecule has 1 aliphatic heterocycles. The molecular formula is C23H23F4N5O2. The van der Waals surface area contributed by atoms with Crippen LogP contribution >= 0.6 is 0 Å². The van der Waals surface area contributed by atoms with E-state index in [4.69, 9.17) is 4.74 Å². The Kier molecular flexibility index (Phi) is 6.82. The van der Waals surface area contributed by atoms with Gasteiger partial charge < -0.3 is 9.64 Å². The molecule has 0 atom stereocenters. The third-order valence-corrected chi connectivity index (χ3v) is 5.65. The normalized spacial score (nSPS) is 15.3. The van der Waals surface area contributed by atoms with Gasteiger partial charge in [0.05, 0.1) is 12.8 Å². The maximum atomic E-state index is 13.9. The van der Waals surface area contributed by atoms with Crippen molar-refractivity contribution in [2.75, 3.05) is 33.3 Å². The van der Waals surface area contributed by atoms with Crippen LogP contribution in [0.15, 0.2) is 48.5 Å². The maximum absolute atomic E-state index is 13.9. The smallest absolute Gasteiger partial charge is 0.435 e. The van der Waals surface area contributed by atoms with Gasteiger partial charge in [-0.15, -0.1) is 5.10 Å². The molecule has 34 heavy (non-hydrogen) atoms. The van der Waals surface area contributed by atoms with Gasteiger partial charge in [0.25, 0.3) is 5.91 Å². The molecule has 0 radical (unpaired) electrons. The number of nitrogens with zero attached hydrogens (tertiary/aromatic N) is 5. The summed E-state index contributed by atoms with van der Waals surface area (Å²) in [6.07, 6.45) is -4.27. The van der Waals surface area contributed by atoms with Crippen LogP contribution in [0.2, 0.25) is 0 Å². The van der Waals surface area contributed by atoms with E-state index in [0.717, 1.165) is 35.6 Å². The van der Waals surface area contributed by atoms with Crippen molar-refractivity contribution in [3.8, 4) is 11.4 Å². The Balaban J connectivity index is 1.50. The number of amides is 1. The lowest BCUT2D eigenvalue weighted by Gasteiger charge is -2.22. The van der Waals surface area contributed by atoms with Crippen molar-refractivity contribution < 1.29 is 27.1 Å². The predicted octanol–water partition coefficient (Wildman–Crippen LogP) is 3.78. The highest BCUT2D eigenvalue weighted by Gasteiger charge is 2.43. The van der Waals surface area contributed by atoms with Crippen molar-refractivity contribution in [2.45, 2.75) is 19.1 Å². The molecule has 2 heterocycles. The first-order chi connectivity index (χ1) is 16.3. The summed E-state index contributed by atoms with van der Waals surface area (Å²) in [5.41, 5.74) is -1.01. The summed E-state index contributed by atoms with van der Waals surface area (Å²) in [4.78, 5) is 16.6. The zero-order chi connectivity index (χ0) is 24.3. The Bertz CT molecular complexity index is 1130. The number of hydrogen-bond donors (Lipinski definition) is 0. The highest BCUT2D eigenvalue weighted by molar-refractivity contribution is 5.93. The third kappa shape index (κ3) is 5.19. The quantitative estimate of drug-likeness (QED) is 0.524. The fourth-order valence-electron chi connectivity index (χ4n) is 3.91. The Hall–Kier alpha value is -3.47. The molecule has 0 saturated carbocycles. The van der Waals surface area contributed by atoms with Gasteiger partial charge in [-0.05, 0) is 48.4 Å². The molecule has 0 spiro atoms. The molecular weight excluding hydrogens is 454 g/mol. The molecule has 0 aliphatic carbocycles. The number of carbonyl (C=O) groups excluding carboxylic acids is 1. The van der Waals surface area contributed by atoms with Gasteiger partial charge in [-0.3, -0.25) is 9.69 Å². The number of rotatable bonds is 5. The SMILES string of the molecule is COc1ccc(CN2CCCN(C(=O)c3nnn(-c4ccc(F)cc4)c3C(F)(F)F)CC2)cc1. The van der Waals surface area contributed by atoms with Gasteiger partial charge in [0.1, 0.15) is 11.6 Å². The first kappa shape index (κ1) is 23.7. The minimum absolute atomic E-state index is 0.0400. The Morgan fingerprint density at radius 3 is 2.35 bits per heavy atom. The molecule has 0 unspecified atom stereocenters. The molecule has 11 heteroatoms. The zero-order valence-corrected chi connectivity index (χ0v) is 18.4. The summed E-state index contributed by atoms with van der Waals surface area (Å²) in [6, 6.07) is 12.0. The van der Waals surface area contributed by atoms with Gasteiger partial charge in [0.15, 0.2) is 11.4 Å². The molecule has 4 rings (SSSR count). The minimum Gasteiger partial charge on any atom is -0.497 e. The van der Waals surface area contributed by atoms with Gasteiger partial charge in [0.2, 0.25) is 0 Å². The van der Waals surface area contributed by atoms with Gasteiger partial charge in [-0.1, -0.05) is 17.3 Å². The zero-order valence-electron chi connectivity index (χ0n) is 18.4. The summed E-state index contributed by atoms with van der Waals surface area (Å²) >= 11 is 0. The number of halogens is 4. The van der Waals surface area contributed by atoms with E-state index < -0.39 is 29.3 Å². The first-order valence-corrected chi connectivity index (χ1v) is 10.7. The second-order valence-corrected chi connectivity index (χ2v) is 7.94. The monoisotopic (exact) mass is 477 g/mol. The lowest BCUT2D eigenvalue weighted by Crippen LogP contribution is -2.36. The average molecular weight is 477 g/mol. The average Bonchev–Trinajstić information content (AvgIpc) is 3.15. The Labute approximate surface area is 193 Å². The fourth-order valence-corrected chi connectivity index (χ4v) is 3.91. The van der Waals surface area contributed by atoms with Gasteiger partial charge >= 0.3 is 6.18 Å².